The number of hydrogen-bond acceptors (Lipinski definition) is 4. The van der Waals surface area contributed by atoms with Crippen molar-refractivity contribution in [2.75, 3.05) is 0 Å². The standard InChI is InChI=1S/C16H21N3O/c1-2-16(9-3-4-10-16)15-18-14(19-20-15)13-7-5-12(11-17)6-8-13/h5-8H,2-4,9-11,17H2,1H3. The largest absolute Gasteiger partial charge is 0.338 e. The van der Waals surface area contributed by atoms with Gasteiger partial charge in [0.1, 0.15) is 0 Å². The minimum Gasteiger partial charge on any atom is -0.338 e. The fraction of sp³-hybridized carbons (Fsp3) is 0.500. The van der Waals surface area contributed by atoms with Crippen LogP contribution in [0.1, 0.15) is 50.5 Å². The quantitative estimate of drug-likeness (QED) is 0.925. The van der Waals surface area contributed by atoms with Crippen LogP contribution < -0.4 is 5.73 Å². The second-order valence-corrected chi connectivity index (χ2v) is 5.67. The molecule has 0 saturated heterocycles. The van der Waals surface area contributed by atoms with Crippen LogP contribution in [0.4, 0.5) is 0 Å². The molecule has 0 unspecified atom stereocenters. The summed E-state index contributed by atoms with van der Waals surface area (Å²) in [4.78, 5) is 4.65. The summed E-state index contributed by atoms with van der Waals surface area (Å²) in [6, 6.07) is 8.03. The summed E-state index contributed by atoms with van der Waals surface area (Å²) in [6.45, 7) is 2.77. The zero-order valence-electron chi connectivity index (χ0n) is 11.9. The SMILES string of the molecule is CCC1(c2nc(-c3ccc(CN)cc3)no2)CCCC1. The lowest BCUT2D eigenvalue weighted by Gasteiger charge is -2.21. The lowest BCUT2D eigenvalue weighted by molar-refractivity contribution is 0.273. The molecule has 0 spiro atoms. The second-order valence-electron chi connectivity index (χ2n) is 5.67. The molecular formula is C16H21N3O. The van der Waals surface area contributed by atoms with Crippen LogP contribution in [0.3, 0.4) is 0 Å². The van der Waals surface area contributed by atoms with Crippen LogP contribution in [0.5, 0.6) is 0 Å². The first-order chi connectivity index (χ1) is 9.77. The van der Waals surface area contributed by atoms with E-state index in [0.29, 0.717) is 12.4 Å². The fourth-order valence-electron chi connectivity index (χ4n) is 3.12. The van der Waals surface area contributed by atoms with Crippen molar-refractivity contribution in [2.24, 2.45) is 5.73 Å². The highest BCUT2D eigenvalue weighted by Crippen LogP contribution is 2.43. The van der Waals surface area contributed by atoms with Crippen molar-refractivity contribution in [3.05, 3.63) is 35.7 Å². The summed E-state index contributed by atoms with van der Waals surface area (Å²) in [6.07, 6.45) is 5.92. The Morgan fingerprint density at radius 3 is 2.50 bits per heavy atom. The van der Waals surface area contributed by atoms with E-state index in [1.165, 1.54) is 12.8 Å². The minimum absolute atomic E-state index is 0.114. The molecule has 2 aromatic rings. The van der Waals surface area contributed by atoms with E-state index in [4.69, 9.17) is 10.3 Å². The van der Waals surface area contributed by atoms with Crippen LogP contribution in [-0.2, 0) is 12.0 Å². The normalized spacial score (nSPS) is 17.5. The third-order valence-electron chi connectivity index (χ3n) is 4.56. The van der Waals surface area contributed by atoms with Gasteiger partial charge in [0.05, 0.1) is 0 Å². The molecule has 1 fully saturated rings. The van der Waals surface area contributed by atoms with Gasteiger partial charge in [-0.25, -0.2) is 0 Å². The Labute approximate surface area is 119 Å². The van der Waals surface area contributed by atoms with Gasteiger partial charge in [-0.3, -0.25) is 0 Å². The number of nitrogens with two attached hydrogens (primary N) is 1. The van der Waals surface area contributed by atoms with Crippen molar-refractivity contribution >= 4 is 0 Å². The molecule has 4 nitrogen and oxygen atoms in total. The van der Waals surface area contributed by atoms with Crippen molar-refractivity contribution in [3.63, 3.8) is 0 Å². The topological polar surface area (TPSA) is 64.9 Å². The van der Waals surface area contributed by atoms with E-state index in [0.717, 1.165) is 36.3 Å². The van der Waals surface area contributed by atoms with Crippen molar-refractivity contribution in [3.8, 4) is 11.4 Å². The van der Waals surface area contributed by atoms with E-state index >= 15 is 0 Å². The Morgan fingerprint density at radius 1 is 1.20 bits per heavy atom. The van der Waals surface area contributed by atoms with E-state index in [9.17, 15) is 0 Å². The molecule has 1 aliphatic rings. The van der Waals surface area contributed by atoms with E-state index in [1.807, 2.05) is 24.3 Å². The van der Waals surface area contributed by atoms with Gasteiger partial charge in [-0.2, -0.15) is 4.98 Å². The van der Waals surface area contributed by atoms with Gasteiger partial charge in [-0.1, -0.05) is 49.2 Å². The van der Waals surface area contributed by atoms with E-state index in [1.54, 1.807) is 0 Å². The van der Waals surface area contributed by atoms with Gasteiger partial charge in [-0.05, 0) is 24.8 Å². The van der Waals surface area contributed by atoms with E-state index in [-0.39, 0.29) is 5.41 Å². The molecule has 1 saturated carbocycles. The first-order valence-corrected chi connectivity index (χ1v) is 7.41. The Morgan fingerprint density at radius 2 is 1.90 bits per heavy atom. The van der Waals surface area contributed by atoms with Gasteiger partial charge in [-0.15, -0.1) is 0 Å². The Kier molecular flexibility index (Phi) is 3.57. The van der Waals surface area contributed by atoms with Gasteiger partial charge in [0.15, 0.2) is 0 Å². The molecular weight excluding hydrogens is 250 g/mol. The summed E-state index contributed by atoms with van der Waals surface area (Å²) >= 11 is 0. The van der Waals surface area contributed by atoms with Crippen LogP contribution >= 0.6 is 0 Å². The van der Waals surface area contributed by atoms with Crippen LogP contribution in [0.25, 0.3) is 11.4 Å². The molecule has 1 heterocycles. The third-order valence-corrected chi connectivity index (χ3v) is 4.56. The number of nitrogens with zero attached hydrogens (tertiary/aromatic N) is 2. The maximum Gasteiger partial charge on any atom is 0.233 e. The summed E-state index contributed by atoms with van der Waals surface area (Å²) in [5, 5.41) is 4.16. The number of hydrogen-bond donors (Lipinski definition) is 1. The molecule has 1 aromatic heterocycles. The van der Waals surface area contributed by atoms with Gasteiger partial charge >= 0.3 is 0 Å². The molecule has 0 aliphatic heterocycles. The lowest BCUT2D eigenvalue weighted by Crippen LogP contribution is -2.21. The predicted molar refractivity (Wildman–Crippen MR) is 78.1 cm³/mol. The number of aromatic nitrogens is 2. The fourth-order valence-corrected chi connectivity index (χ4v) is 3.12. The lowest BCUT2D eigenvalue weighted by atomic mass is 9.83. The molecule has 0 radical (unpaired) electrons. The molecule has 2 N–H and O–H groups in total. The molecule has 1 aliphatic carbocycles. The molecule has 0 atom stereocenters. The molecule has 1 aromatic carbocycles. The van der Waals surface area contributed by atoms with Gasteiger partial charge in [0, 0.05) is 17.5 Å². The third kappa shape index (κ3) is 2.24. The summed E-state index contributed by atoms with van der Waals surface area (Å²) in [5.41, 5.74) is 7.82. The molecule has 3 rings (SSSR count). The van der Waals surface area contributed by atoms with Crippen LogP contribution in [0, 0.1) is 0 Å². The molecule has 4 heteroatoms. The molecule has 0 amide bonds. The average molecular weight is 271 g/mol. The van der Waals surface area contributed by atoms with Crippen molar-refractivity contribution in [2.45, 2.75) is 51.0 Å². The predicted octanol–water partition coefficient (Wildman–Crippen LogP) is 3.42. The smallest absolute Gasteiger partial charge is 0.233 e. The van der Waals surface area contributed by atoms with Gasteiger partial charge < -0.3 is 10.3 Å². The van der Waals surface area contributed by atoms with Gasteiger partial charge in [0.25, 0.3) is 0 Å². The Hall–Kier alpha value is -1.68. The molecule has 106 valence electrons. The summed E-state index contributed by atoms with van der Waals surface area (Å²) in [7, 11) is 0. The van der Waals surface area contributed by atoms with E-state index < -0.39 is 0 Å². The highest BCUT2D eigenvalue weighted by Gasteiger charge is 2.39. The van der Waals surface area contributed by atoms with Crippen LogP contribution in [0.15, 0.2) is 28.8 Å². The highest BCUT2D eigenvalue weighted by atomic mass is 16.5. The minimum atomic E-state index is 0.114. The molecule has 20 heavy (non-hydrogen) atoms. The zero-order chi connectivity index (χ0) is 14.0. The maximum absolute atomic E-state index is 5.61. The summed E-state index contributed by atoms with van der Waals surface area (Å²) in [5.74, 6) is 1.50. The highest BCUT2D eigenvalue weighted by molar-refractivity contribution is 5.54. The first-order valence-electron chi connectivity index (χ1n) is 7.41. The van der Waals surface area contributed by atoms with Crippen molar-refractivity contribution in [1.29, 1.82) is 0 Å². The monoisotopic (exact) mass is 271 g/mol. The van der Waals surface area contributed by atoms with Crippen molar-refractivity contribution < 1.29 is 4.52 Å². The average Bonchev–Trinajstić information content (AvgIpc) is 3.17. The van der Waals surface area contributed by atoms with E-state index in [2.05, 4.69) is 17.1 Å². The Bertz CT molecular complexity index is 568. The first kappa shape index (κ1) is 13.3. The Balaban J connectivity index is 1.89. The van der Waals surface area contributed by atoms with Crippen molar-refractivity contribution in [1.82, 2.24) is 10.1 Å². The van der Waals surface area contributed by atoms with Crippen LogP contribution in [0.2, 0.25) is 0 Å². The second kappa shape index (κ2) is 5.37. The maximum atomic E-state index is 5.61. The summed E-state index contributed by atoms with van der Waals surface area (Å²) < 4.78 is 5.57. The van der Waals surface area contributed by atoms with Gasteiger partial charge in [0.2, 0.25) is 11.7 Å². The molecule has 0 bridgehead atoms. The number of benzene rings is 1. The number of rotatable bonds is 4. The zero-order valence-corrected chi connectivity index (χ0v) is 11.9. The van der Waals surface area contributed by atoms with Crippen LogP contribution in [-0.4, -0.2) is 10.1 Å².